The van der Waals surface area contributed by atoms with E-state index in [2.05, 4.69) is 25.7 Å². The summed E-state index contributed by atoms with van der Waals surface area (Å²) in [5.41, 5.74) is 6.81. The van der Waals surface area contributed by atoms with Gasteiger partial charge < -0.3 is 5.73 Å². The molecular formula is C10H20N2. The van der Waals surface area contributed by atoms with Crippen molar-refractivity contribution in [3.8, 4) is 0 Å². The maximum atomic E-state index is 5.80. The third-order valence-corrected chi connectivity index (χ3v) is 3.39. The quantitative estimate of drug-likeness (QED) is 0.589. The monoisotopic (exact) mass is 168 g/mol. The molecule has 1 spiro atoms. The summed E-state index contributed by atoms with van der Waals surface area (Å²) in [5.74, 6) is 0. The van der Waals surface area contributed by atoms with E-state index in [9.17, 15) is 0 Å². The van der Waals surface area contributed by atoms with Crippen molar-refractivity contribution in [1.29, 1.82) is 0 Å². The number of hydrogen-bond acceptors (Lipinski definition) is 2. The molecule has 2 nitrogen and oxygen atoms in total. The van der Waals surface area contributed by atoms with Crippen LogP contribution in [0.5, 0.6) is 0 Å². The molecule has 12 heavy (non-hydrogen) atoms. The molecule has 2 rings (SSSR count). The second-order valence-corrected chi connectivity index (χ2v) is 5.70. The van der Waals surface area contributed by atoms with Gasteiger partial charge in [0.15, 0.2) is 0 Å². The zero-order valence-electron chi connectivity index (χ0n) is 8.43. The van der Waals surface area contributed by atoms with Crippen molar-refractivity contribution in [2.75, 3.05) is 13.1 Å². The van der Waals surface area contributed by atoms with Crippen LogP contribution in [0.3, 0.4) is 0 Å². The molecule has 1 aliphatic heterocycles. The summed E-state index contributed by atoms with van der Waals surface area (Å²) >= 11 is 0. The van der Waals surface area contributed by atoms with Crippen LogP contribution in [-0.2, 0) is 0 Å². The summed E-state index contributed by atoms with van der Waals surface area (Å²) in [6, 6.07) is 0.507. The highest BCUT2D eigenvalue weighted by molar-refractivity contribution is 5.08. The highest BCUT2D eigenvalue weighted by atomic mass is 15.3. The average Bonchev–Trinajstić information content (AvgIpc) is 1.71. The van der Waals surface area contributed by atoms with Gasteiger partial charge >= 0.3 is 0 Å². The molecule has 1 heterocycles. The molecule has 0 amide bonds. The lowest BCUT2D eigenvalue weighted by Crippen LogP contribution is -2.69. The van der Waals surface area contributed by atoms with Crippen LogP contribution in [0.25, 0.3) is 0 Å². The molecular weight excluding hydrogens is 148 g/mol. The van der Waals surface area contributed by atoms with E-state index in [0.717, 1.165) is 0 Å². The third kappa shape index (κ3) is 1.17. The lowest BCUT2D eigenvalue weighted by atomic mass is 9.60. The number of nitrogens with zero attached hydrogens (tertiary/aromatic N) is 1. The van der Waals surface area contributed by atoms with E-state index < -0.39 is 0 Å². The highest BCUT2D eigenvalue weighted by Crippen LogP contribution is 2.49. The van der Waals surface area contributed by atoms with E-state index in [1.165, 1.54) is 25.9 Å². The average molecular weight is 168 g/mol. The Morgan fingerprint density at radius 2 is 1.75 bits per heavy atom. The number of nitrogens with two attached hydrogens (primary N) is 1. The van der Waals surface area contributed by atoms with Crippen LogP contribution in [0.1, 0.15) is 33.6 Å². The molecule has 0 aromatic rings. The Bertz CT molecular complexity index is 179. The molecule has 2 heteroatoms. The predicted molar refractivity (Wildman–Crippen MR) is 51.0 cm³/mol. The molecule has 70 valence electrons. The summed E-state index contributed by atoms with van der Waals surface area (Å²) in [5, 5.41) is 0. The Hall–Kier alpha value is -0.0800. The fourth-order valence-electron chi connectivity index (χ4n) is 2.55. The molecule has 0 aromatic carbocycles. The Morgan fingerprint density at radius 1 is 1.25 bits per heavy atom. The van der Waals surface area contributed by atoms with Crippen molar-refractivity contribution in [3.63, 3.8) is 0 Å². The minimum atomic E-state index is 0.366. The van der Waals surface area contributed by atoms with Gasteiger partial charge in [-0.05, 0) is 39.0 Å². The van der Waals surface area contributed by atoms with Gasteiger partial charge in [0.25, 0.3) is 0 Å². The molecule has 0 radical (unpaired) electrons. The number of likely N-dealkylation sites (tertiary alicyclic amines) is 1. The molecule has 2 N–H and O–H groups in total. The van der Waals surface area contributed by atoms with E-state index in [1.54, 1.807) is 0 Å². The first-order valence-corrected chi connectivity index (χ1v) is 4.92. The smallest absolute Gasteiger partial charge is 0.0125 e. The second-order valence-electron chi connectivity index (χ2n) is 5.70. The van der Waals surface area contributed by atoms with Gasteiger partial charge in [-0.1, -0.05) is 0 Å². The van der Waals surface area contributed by atoms with Gasteiger partial charge in [-0.15, -0.1) is 0 Å². The minimum absolute atomic E-state index is 0.366. The first kappa shape index (κ1) is 8.52. The van der Waals surface area contributed by atoms with Crippen LogP contribution in [0.4, 0.5) is 0 Å². The number of hydrogen-bond donors (Lipinski definition) is 1. The van der Waals surface area contributed by atoms with Crippen molar-refractivity contribution in [2.24, 2.45) is 11.1 Å². The van der Waals surface area contributed by atoms with Gasteiger partial charge in [-0.25, -0.2) is 0 Å². The van der Waals surface area contributed by atoms with Crippen molar-refractivity contribution in [3.05, 3.63) is 0 Å². The lowest BCUT2D eigenvalue weighted by molar-refractivity contribution is -0.112. The summed E-state index contributed by atoms with van der Waals surface area (Å²) in [7, 11) is 0. The van der Waals surface area contributed by atoms with Gasteiger partial charge in [0, 0.05) is 24.7 Å². The fraction of sp³-hybridized carbons (Fsp3) is 1.00. The zero-order valence-corrected chi connectivity index (χ0v) is 8.43. The zero-order chi connectivity index (χ0) is 8.98. The topological polar surface area (TPSA) is 29.3 Å². The second kappa shape index (κ2) is 2.24. The summed E-state index contributed by atoms with van der Waals surface area (Å²) < 4.78 is 0. The van der Waals surface area contributed by atoms with E-state index in [0.29, 0.717) is 17.0 Å². The molecule has 2 fully saturated rings. The molecule has 0 bridgehead atoms. The molecule has 0 unspecified atom stereocenters. The van der Waals surface area contributed by atoms with E-state index in [1.807, 2.05) is 0 Å². The van der Waals surface area contributed by atoms with Crippen LogP contribution in [0, 0.1) is 5.41 Å². The highest BCUT2D eigenvalue weighted by Gasteiger charge is 2.53. The Morgan fingerprint density at radius 3 is 2.08 bits per heavy atom. The standard InChI is InChI=1S/C10H20N2/c1-9(2,3)12-6-10(7-12)4-8(11)5-10/h8H,4-7,11H2,1-3H3. The largest absolute Gasteiger partial charge is 0.328 e. The maximum Gasteiger partial charge on any atom is 0.0125 e. The van der Waals surface area contributed by atoms with Crippen LogP contribution >= 0.6 is 0 Å². The summed E-state index contributed by atoms with van der Waals surface area (Å²) in [4.78, 5) is 2.55. The molecule has 0 aromatic heterocycles. The third-order valence-electron chi connectivity index (χ3n) is 3.39. The Labute approximate surface area is 75.1 Å². The molecule has 0 atom stereocenters. The Kier molecular flexibility index (Phi) is 1.59. The number of rotatable bonds is 0. The fourth-order valence-corrected chi connectivity index (χ4v) is 2.55. The molecule has 1 saturated carbocycles. The van der Waals surface area contributed by atoms with Gasteiger partial charge in [0.2, 0.25) is 0 Å². The lowest BCUT2D eigenvalue weighted by Gasteiger charge is -2.62. The van der Waals surface area contributed by atoms with Gasteiger partial charge in [0.1, 0.15) is 0 Å². The predicted octanol–water partition coefficient (Wildman–Crippen LogP) is 1.21. The maximum absolute atomic E-state index is 5.80. The molecule has 2 aliphatic rings. The first-order valence-electron chi connectivity index (χ1n) is 4.92. The van der Waals surface area contributed by atoms with Gasteiger partial charge in [-0.2, -0.15) is 0 Å². The normalized spacial score (nSPS) is 30.0. The first-order chi connectivity index (χ1) is 5.41. The van der Waals surface area contributed by atoms with E-state index in [4.69, 9.17) is 5.73 Å². The Balaban J connectivity index is 1.85. The van der Waals surface area contributed by atoms with Crippen molar-refractivity contribution < 1.29 is 0 Å². The van der Waals surface area contributed by atoms with Crippen LogP contribution < -0.4 is 5.73 Å². The van der Waals surface area contributed by atoms with Gasteiger partial charge in [0.05, 0.1) is 0 Å². The van der Waals surface area contributed by atoms with Crippen molar-refractivity contribution >= 4 is 0 Å². The van der Waals surface area contributed by atoms with E-state index >= 15 is 0 Å². The van der Waals surface area contributed by atoms with Gasteiger partial charge in [-0.3, -0.25) is 4.90 Å². The van der Waals surface area contributed by atoms with Crippen molar-refractivity contribution in [2.45, 2.75) is 45.2 Å². The van der Waals surface area contributed by atoms with Crippen LogP contribution in [0.2, 0.25) is 0 Å². The SMILES string of the molecule is CC(C)(C)N1CC2(CC(N)C2)C1. The molecule has 1 saturated heterocycles. The molecule has 1 aliphatic carbocycles. The van der Waals surface area contributed by atoms with Crippen molar-refractivity contribution in [1.82, 2.24) is 4.90 Å². The summed E-state index contributed by atoms with van der Waals surface area (Å²) in [6.07, 6.45) is 2.53. The minimum Gasteiger partial charge on any atom is -0.328 e. The summed E-state index contributed by atoms with van der Waals surface area (Å²) in [6.45, 7) is 9.43. The van der Waals surface area contributed by atoms with Crippen LogP contribution in [0.15, 0.2) is 0 Å². The van der Waals surface area contributed by atoms with E-state index in [-0.39, 0.29) is 0 Å². The van der Waals surface area contributed by atoms with Crippen LogP contribution in [-0.4, -0.2) is 29.6 Å².